The second-order valence-electron chi connectivity index (χ2n) is 11.6. The van der Waals surface area contributed by atoms with E-state index in [0.717, 1.165) is 41.7 Å². The van der Waals surface area contributed by atoms with Crippen LogP contribution in [-0.2, 0) is 27.3 Å². The topological polar surface area (TPSA) is 107 Å². The molecule has 224 valence electrons. The maximum Gasteiger partial charge on any atom is 0.252 e. The number of aromatic amines is 1. The maximum atomic E-state index is 14.1. The van der Waals surface area contributed by atoms with Gasteiger partial charge in [0.2, 0.25) is 11.8 Å². The third-order valence-corrected chi connectivity index (χ3v) is 8.84. The fourth-order valence-corrected chi connectivity index (χ4v) is 6.63. The molecule has 1 saturated carbocycles. The normalized spacial score (nSPS) is 18.9. The largest absolute Gasteiger partial charge is 0.496 e. The number of piperazine rings is 1. The van der Waals surface area contributed by atoms with E-state index >= 15 is 0 Å². The van der Waals surface area contributed by atoms with Gasteiger partial charge in [0.25, 0.3) is 5.91 Å². The average Bonchev–Trinajstić information content (AvgIpc) is 3.42. The lowest BCUT2D eigenvalue weighted by molar-refractivity contribution is -0.147. The number of methoxy groups -OCH3 is 1. The van der Waals surface area contributed by atoms with E-state index in [1.54, 1.807) is 13.2 Å². The molecule has 1 aromatic heterocycles. The quantitative estimate of drug-likeness (QED) is 0.342. The van der Waals surface area contributed by atoms with E-state index in [1.165, 1.54) is 43.9 Å². The van der Waals surface area contributed by atoms with E-state index in [0.29, 0.717) is 17.7 Å². The summed E-state index contributed by atoms with van der Waals surface area (Å²) in [7, 11) is 1.56. The van der Waals surface area contributed by atoms with E-state index in [1.807, 2.05) is 48.7 Å². The number of hydrogen-bond donors (Lipinski definition) is 3. The summed E-state index contributed by atoms with van der Waals surface area (Å²) in [4.78, 5) is 47.4. The molecular formula is C33H43N5O4. The molecule has 0 bridgehead atoms. The SMILES string of the molecule is COc1ccccc1CN(C(C)=O)C(=O)C(Cc1c[nH]c2ccccc12)NC(=O)CN1CCNCC1C1CCCCC1. The molecule has 2 atom stereocenters. The van der Waals surface area contributed by atoms with E-state index in [-0.39, 0.29) is 31.3 Å². The number of nitrogens with one attached hydrogen (secondary N) is 3. The Kier molecular flexibility index (Phi) is 9.92. The van der Waals surface area contributed by atoms with Gasteiger partial charge in [0.1, 0.15) is 11.8 Å². The molecule has 9 nitrogen and oxygen atoms in total. The Hall–Kier alpha value is -3.69. The van der Waals surface area contributed by atoms with Crippen molar-refractivity contribution in [2.45, 2.75) is 64.1 Å². The first-order valence-corrected chi connectivity index (χ1v) is 15.2. The Morgan fingerprint density at radius 3 is 2.60 bits per heavy atom. The third-order valence-electron chi connectivity index (χ3n) is 8.84. The van der Waals surface area contributed by atoms with Crippen LogP contribution in [0.1, 0.15) is 50.2 Å². The fraction of sp³-hybridized carbons (Fsp3) is 0.485. The molecule has 1 aliphatic carbocycles. The van der Waals surface area contributed by atoms with Crippen LogP contribution < -0.4 is 15.4 Å². The van der Waals surface area contributed by atoms with Gasteiger partial charge < -0.3 is 20.4 Å². The van der Waals surface area contributed by atoms with Crippen LogP contribution in [0.3, 0.4) is 0 Å². The molecule has 2 heterocycles. The van der Waals surface area contributed by atoms with Crippen molar-refractivity contribution in [3.8, 4) is 5.75 Å². The number of rotatable bonds is 10. The summed E-state index contributed by atoms with van der Waals surface area (Å²) in [6.07, 6.45) is 8.31. The highest BCUT2D eigenvalue weighted by atomic mass is 16.5. The lowest BCUT2D eigenvalue weighted by atomic mass is 9.82. The number of fused-ring (bicyclic) bond motifs is 1. The van der Waals surface area contributed by atoms with Crippen molar-refractivity contribution in [2.75, 3.05) is 33.3 Å². The number of para-hydroxylation sites is 2. The number of amides is 3. The Morgan fingerprint density at radius 2 is 1.81 bits per heavy atom. The van der Waals surface area contributed by atoms with Gasteiger partial charge in [0, 0.05) is 61.7 Å². The smallest absolute Gasteiger partial charge is 0.252 e. The van der Waals surface area contributed by atoms with E-state index < -0.39 is 11.9 Å². The van der Waals surface area contributed by atoms with Crippen LogP contribution in [0.25, 0.3) is 10.9 Å². The number of ether oxygens (including phenoxy) is 1. The van der Waals surface area contributed by atoms with Crippen LogP contribution in [0.5, 0.6) is 5.75 Å². The first-order valence-electron chi connectivity index (χ1n) is 15.2. The predicted molar refractivity (Wildman–Crippen MR) is 163 cm³/mol. The Balaban J connectivity index is 1.37. The Bertz CT molecular complexity index is 1380. The molecular weight excluding hydrogens is 530 g/mol. The van der Waals surface area contributed by atoms with Crippen molar-refractivity contribution in [3.63, 3.8) is 0 Å². The molecule has 2 aliphatic rings. The summed E-state index contributed by atoms with van der Waals surface area (Å²) in [6.45, 7) is 4.18. The Morgan fingerprint density at radius 1 is 1.05 bits per heavy atom. The number of benzene rings is 2. The number of aromatic nitrogens is 1. The number of nitrogens with zero attached hydrogens (tertiary/aromatic N) is 2. The molecule has 1 saturated heterocycles. The van der Waals surface area contributed by atoms with Crippen molar-refractivity contribution >= 4 is 28.6 Å². The van der Waals surface area contributed by atoms with Crippen LogP contribution >= 0.6 is 0 Å². The lowest BCUT2D eigenvalue weighted by Gasteiger charge is -2.42. The zero-order valence-corrected chi connectivity index (χ0v) is 24.7. The van der Waals surface area contributed by atoms with Gasteiger partial charge in [-0.3, -0.25) is 24.2 Å². The van der Waals surface area contributed by atoms with Crippen LogP contribution in [0.15, 0.2) is 54.7 Å². The van der Waals surface area contributed by atoms with E-state index in [2.05, 4.69) is 20.5 Å². The van der Waals surface area contributed by atoms with Gasteiger partial charge in [-0.05, 0) is 36.5 Å². The number of carbonyl (C=O) groups is 3. The van der Waals surface area contributed by atoms with Gasteiger partial charge in [-0.25, -0.2) is 0 Å². The fourth-order valence-electron chi connectivity index (χ4n) is 6.63. The first kappa shape index (κ1) is 29.8. The molecule has 42 heavy (non-hydrogen) atoms. The summed E-state index contributed by atoms with van der Waals surface area (Å²) in [6, 6.07) is 14.6. The third kappa shape index (κ3) is 7.02. The summed E-state index contributed by atoms with van der Waals surface area (Å²) in [5.41, 5.74) is 2.59. The minimum absolute atomic E-state index is 0.0555. The van der Waals surface area contributed by atoms with Gasteiger partial charge in [0.05, 0.1) is 20.2 Å². The van der Waals surface area contributed by atoms with Gasteiger partial charge in [-0.2, -0.15) is 0 Å². The minimum Gasteiger partial charge on any atom is -0.496 e. The average molecular weight is 574 g/mol. The van der Waals surface area contributed by atoms with Crippen LogP contribution in [0.4, 0.5) is 0 Å². The number of hydrogen-bond acceptors (Lipinski definition) is 6. The zero-order chi connectivity index (χ0) is 29.5. The first-order chi connectivity index (χ1) is 20.4. The second-order valence-corrected chi connectivity index (χ2v) is 11.6. The summed E-state index contributed by atoms with van der Waals surface area (Å²) < 4.78 is 5.47. The highest BCUT2D eigenvalue weighted by molar-refractivity contribution is 5.99. The molecule has 3 amide bonds. The maximum absolute atomic E-state index is 14.1. The standard InChI is InChI=1S/C33H43N5O4/c1-23(39)38(21-25-12-6-9-15-31(25)42-2)33(41)29(18-26-19-35-28-14-8-7-13-27(26)28)36-32(40)22-37-17-16-34-20-30(37)24-10-4-3-5-11-24/h6-9,12-15,19,24,29-30,34-35H,3-5,10-11,16-18,20-22H2,1-2H3,(H,36,40). The molecule has 0 radical (unpaired) electrons. The van der Waals surface area contributed by atoms with Gasteiger partial charge >= 0.3 is 0 Å². The van der Waals surface area contributed by atoms with Crippen molar-refractivity contribution < 1.29 is 19.1 Å². The molecule has 2 fully saturated rings. The zero-order valence-electron chi connectivity index (χ0n) is 24.7. The number of H-pyrrole nitrogens is 1. The van der Waals surface area contributed by atoms with Crippen LogP contribution in [-0.4, -0.2) is 77.9 Å². The van der Waals surface area contributed by atoms with E-state index in [4.69, 9.17) is 4.74 Å². The summed E-state index contributed by atoms with van der Waals surface area (Å²) in [5, 5.41) is 7.56. The molecule has 2 unspecified atom stereocenters. The predicted octanol–water partition coefficient (Wildman–Crippen LogP) is 3.63. The van der Waals surface area contributed by atoms with Crippen molar-refractivity contribution in [3.05, 3.63) is 65.9 Å². The lowest BCUT2D eigenvalue weighted by Crippen LogP contribution is -2.58. The second kappa shape index (κ2) is 14.0. The van der Waals surface area contributed by atoms with Crippen LogP contribution in [0.2, 0.25) is 0 Å². The highest BCUT2D eigenvalue weighted by Crippen LogP contribution is 2.30. The van der Waals surface area contributed by atoms with Gasteiger partial charge in [0.15, 0.2) is 0 Å². The molecule has 9 heteroatoms. The minimum atomic E-state index is -0.911. The van der Waals surface area contributed by atoms with Gasteiger partial charge in [-0.1, -0.05) is 55.7 Å². The van der Waals surface area contributed by atoms with Crippen LogP contribution in [0, 0.1) is 5.92 Å². The molecule has 5 rings (SSSR count). The number of carbonyl (C=O) groups excluding carboxylic acids is 3. The molecule has 3 aromatic rings. The summed E-state index contributed by atoms with van der Waals surface area (Å²) >= 11 is 0. The Labute approximate surface area is 248 Å². The molecule has 0 spiro atoms. The van der Waals surface area contributed by atoms with Crippen molar-refractivity contribution in [1.82, 2.24) is 25.4 Å². The highest BCUT2D eigenvalue weighted by Gasteiger charge is 2.34. The van der Waals surface area contributed by atoms with E-state index in [9.17, 15) is 14.4 Å². The monoisotopic (exact) mass is 573 g/mol. The van der Waals surface area contributed by atoms with Gasteiger partial charge in [-0.15, -0.1) is 0 Å². The van der Waals surface area contributed by atoms with Crippen molar-refractivity contribution in [2.24, 2.45) is 5.92 Å². The molecule has 2 aromatic carbocycles. The molecule has 1 aliphatic heterocycles. The summed E-state index contributed by atoms with van der Waals surface area (Å²) in [5.74, 6) is 0.162. The van der Waals surface area contributed by atoms with Crippen molar-refractivity contribution in [1.29, 1.82) is 0 Å². The number of imide groups is 1. The molecule has 3 N–H and O–H groups in total.